The van der Waals surface area contributed by atoms with Crippen molar-refractivity contribution in [3.63, 3.8) is 0 Å². The molecule has 3 unspecified atom stereocenters. The van der Waals surface area contributed by atoms with Crippen molar-refractivity contribution in [3.8, 4) is 0 Å². The molecule has 0 spiro atoms. The molecule has 1 heterocycles. The van der Waals surface area contributed by atoms with E-state index in [9.17, 15) is 0 Å². The third kappa shape index (κ3) is 2.95. The number of hydrogen-bond acceptors (Lipinski definition) is 1. The molecular formula is C17H28O. The first-order valence-corrected chi connectivity index (χ1v) is 7.27. The van der Waals surface area contributed by atoms with Crippen molar-refractivity contribution in [1.29, 1.82) is 0 Å². The Labute approximate surface area is 113 Å². The van der Waals surface area contributed by atoms with Gasteiger partial charge in [0.15, 0.2) is 0 Å². The summed E-state index contributed by atoms with van der Waals surface area (Å²) in [7, 11) is 0. The van der Waals surface area contributed by atoms with Crippen molar-refractivity contribution in [2.45, 2.75) is 59.7 Å². The molecular weight excluding hydrogens is 220 g/mol. The summed E-state index contributed by atoms with van der Waals surface area (Å²) in [5, 5.41) is 0. The van der Waals surface area contributed by atoms with E-state index in [4.69, 9.17) is 4.74 Å². The Morgan fingerprint density at radius 1 is 1.17 bits per heavy atom. The van der Waals surface area contributed by atoms with E-state index < -0.39 is 0 Å². The van der Waals surface area contributed by atoms with Crippen LogP contribution in [-0.4, -0.2) is 6.10 Å². The second-order valence-electron chi connectivity index (χ2n) is 5.55. The molecule has 1 heteroatoms. The molecule has 3 atom stereocenters. The van der Waals surface area contributed by atoms with E-state index in [0.717, 1.165) is 0 Å². The molecule has 2 rings (SSSR count). The fourth-order valence-electron chi connectivity index (χ4n) is 2.62. The summed E-state index contributed by atoms with van der Waals surface area (Å²) in [6.45, 7) is 13.0. The second kappa shape index (κ2) is 6.38. The van der Waals surface area contributed by atoms with Crippen molar-refractivity contribution < 1.29 is 4.74 Å². The molecule has 0 aromatic heterocycles. The number of benzene rings is 1. The molecule has 0 aliphatic carbocycles. The molecule has 1 aromatic rings. The van der Waals surface area contributed by atoms with Crippen molar-refractivity contribution in [2.24, 2.45) is 11.8 Å². The van der Waals surface area contributed by atoms with E-state index >= 15 is 0 Å². The van der Waals surface area contributed by atoms with E-state index in [-0.39, 0.29) is 5.60 Å². The van der Waals surface area contributed by atoms with Crippen molar-refractivity contribution >= 4 is 0 Å². The molecule has 0 radical (unpaired) electrons. The van der Waals surface area contributed by atoms with E-state index in [2.05, 4.69) is 58.0 Å². The molecule has 0 saturated carbocycles. The third-order valence-electron chi connectivity index (χ3n) is 3.87. The minimum atomic E-state index is -0.0686. The van der Waals surface area contributed by atoms with E-state index in [1.165, 1.54) is 12.0 Å². The average Bonchev–Trinajstić information content (AvgIpc) is 2.40. The van der Waals surface area contributed by atoms with Gasteiger partial charge < -0.3 is 4.74 Å². The Hall–Kier alpha value is -0.820. The molecule has 1 aromatic carbocycles. The smallest absolute Gasteiger partial charge is 0.0957 e. The summed E-state index contributed by atoms with van der Waals surface area (Å²) in [4.78, 5) is 0. The van der Waals surface area contributed by atoms with Crippen LogP contribution in [0.15, 0.2) is 30.3 Å². The Balaban J connectivity index is 0.000000771. The van der Waals surface area contributed by atoms with Crippen LogP contribution in [0.5, 0.6) is 0 Å². The predicted octanol–water partition coefficient (Wildman–Crippen LogP) is 5.01. The van der Waals surface area contributed by atoms with Gasteiger partial charge in [0.05, 0.1) is 11.7 Å². The van der Waals surface area contributed by atoms with Crippen LogP contribution in [-0.2, 0) is 10.3 Å². The highest BCUT2D eigenvalue weighted by atomic mass is 16.5. The van der Waals surface area contributed by atoms with Gasteiger partial charge in [-0.15, -0.1) is 0 Å². The normalized spacial score (nSPS) is 30.4. The van der Waals surface area contributed by atoms with Crippen LogP contribution in [0.3, 0.4) is 0 Å². The minimum Gasteiger partial charge on any atom is -0.367 e. The number of ether oxygens (including phenoxy) is 1. The van der Waals surface area contributed by atoms with Crippen LogP contribution < -0.4 is 0 Å². The zero-order valence-corrected chi connectivity index (χ0v) is 12.7. The Morgan fingerprint density at radius 3 is 2.17 bits per heavy atom. The second-order valence-corrected chi connectivity index (χ2v) is 5.55. The van der Waals surface area contributed by atoms with Gasteiger partial charge >= 0.3 is 0 Å². The number of hydrogen-bond donors (Lipinski definition) is 0. The van der Waals surface area contributed by atoms with Gasteiger partial charge in [0, 0.05) is 5.92 Å². The maximum atomic E-state index is 6.14. The highest BCUT2D eigenvalue weighted by Gasteiger charge is 2.50. The third-order valence-corrected chi connectivity index (χ3v) is 3.87. The van der Waals surface area contributed by atoms with Gasteiger partial charge in [-0.3, -0.25) is 0 Å². The van der Waals surface area contributed by atoms with Crippen LogP contribution in [0, 0.1) is 11.8 Å². The molecule has 0 bridgehead atoms. The van der Waals surface area contributed by atoms with Gasteiger partial charge in [-0.2, -0.15) is 0 Å². The van der Waals surface area contributed by atoms with Crippen LogP contribution in [0.25, 0.3) is 0 Å². The first-order valence-electron chi connectivity index (χ1n) is 7.27. The van der Waals surface area contributed by atoms with Gasteiger partial charge in [-0.05, 0) is 24.8 Å². The maximum Gasteiger partial charge on any atom is 0.0957 e. The molecule has 1 aliphatic heterocycles. The Bertz CT molecular complexity index is 344. The quantitative estimate of drug-likeness (QED) is 0.730. The summed E-state index contributed by atoms with van der Waals surface area (Å²) in [6.07, 6.45) is 1.61. The average molecular weight is 248 g/mol. The maximum absolute atomic E-state index is 6.14. The van der Waals surface area contributed by atoms with E-state index in [1.54, 1.807) is 0 Å². The Morgan fingerprint density at radius 2 is 1.72 bits per heavy atom. The monoisotopic (exact) mass is 248 g/mol. The molecule has 18 heavy (non-hydrogen) atoms. The lowest BCUT2D eigenvalue weighted by Crippen LogP contribution is -2.54. The lowest BCUT2D eigenvalue weighted by atomic mass is 9.73. The fourth-order valence-corrected chi connectivity index (χ4v) is 2.62. The van der Waals surface area contributed by atoms with Crippen molar-refractivity contribution in [2.75, 3.05) is 0 Å². The lowest BCUT2D eigenvalue weighted by Gasteiger charge is -2.53. The van der Waals surface area contributed by atoms with E-state index in [1.807, 2.05) is 13.8 Å². The number of rotatable bonds is 3. The highest BCUT2D eigenvalue weighted by molar-refractivity contribution is 5.25. The predicted molar refractivity (Wildman–Crippen MR) is 78.6 cm³/mol. The van der Waals surface area contributed by atoms with Crippen molar-refractivity contribution in [1.82, 2.24) is 0 Å². The van der Waals surface area contributed by atoms with Gasteiger partial charge in [-0.1, -0.05) is 65.0 Å². The Kier molecular flexibility index (Phi) is 5.40. The molecule has 1 fully saturated rings. The fraction of sp³-hybridized carbons (Fsp3) is 0.647. The topological polar surface area (TPSA) is 9.23 Å². The van der Waals surface area contributed by atoms with Crippen LogP contribution in [0.1, 0.15) is 53.5 Å². The first kappa shape index (κ1) is 15.2. The van der Waals surface area contributed by atoms with Crippen LogP contribution in [0.2, 0.25) is 0 Å². The zero-order chi connectivity index (χ0) is 13.8. The van der Waals surface area contributed by atoms with Crippen LogP contribution in [0.4, 0.5) is 0 Å². The molecule has 1 aliphatic rings. The molecule has 1 saturated heterocycles. The summed E-state index contributed by atoms with van der Waals surface area (Å²) in [5.41, 5.74) is 1.24. The summed E-state index contributed by atoms with van der Waals surface area (Å²) in [6, 6.07) is 10.6. The highest BCUT2D eigenvalue weighted by Crippen LogP contribution is 2.48. The summed E-state index contributed by atoms with van der Waals surface area (Å²) in [5.74, 6) is 1.32. The lowest BCUT2D eigenvalue weighted by molar-refractivity contribution is -0.257. The largest absolute Gasteiger partial charge is 0.367 e. The van der Waals surface area contributed by atoms with E-state index in [0.29, 0.717) is 17.9 Å². The first-order chi connectivity index (χ1) is 8.54. The zero-order valence-electron chi connectivity index (χ0n) is 12.7. The summed E-state index contributed by atoms with van der Waals surface area (Å²) < 4.78 is 6.14. The molecule has 0 N–H and O–H groups in total. The molecule has 102 valence electrons. The molecule has 1 nitrogen and oxygen atoms in total. The van der Waals surface area contributed by atoms with Gasteiger partial charge in [0.2, 0.25) is 0 Å². The SMILES string of the molecule is CC.CC(C)CC1OC(C)(c2ccccc2)C1C. The van der Waals surface area contributed by atoms with Gasteiger partial charge in [0.25, 0.3) is 0 Å². The van der Waals surface area contributed by atoms with Gasteiger partial charge in [-0.25, -0.2) is 0 Å². The summed E-state index contributed by atoms with van der Waals surface area (Å²) >= 11 is 0. The van der Waals surface area contributed by atoms with Crippen molar-refractivity contribution in [3.05, 3.63) is 35.9 Å². The van der Waals surface area contributed by atoms with Gasteiger partial charge in [0.1, 0.15) is 0 Å². The van der Waals surface area contributed by atoms with Crippen LogP contribution >= 0.6 is 0 Å². The molecule has 0 amide bonds. The standard InChI is InChI=1S/C15H22O.C2H6/c1-11(2)10-14-12(3)15(4,16-14)13-8-6-5-7-9-13;1-2/h5-9,11-12,14H,10H2,1-4H3;1-2H3. The minimum absolute atomic E-state index is 0.0686.